The molecule has 0 saturated carbocycles. The summed E-state index contributed by atoms with van der Waals surface area (Å²) in [6, 6.07) is 16.1. The highest BCUT2D eigenvalue weighted by atomic mass is 16.2. The second-order valence-electron chi connectivity index (χ2n) is 5.09. The van der Waals surface area contributed by atoms with Crippen molar-refractivity contribution < 1.29 is 4.79 Å². The van der Waals surface area contributed by atoms with Gasteiger partial charge >= 0.3 is 0 Å². The van der Waals surface area contributed by atoms with Crippen molar-refractivity contribution in [3.8, 4) is 0 Å². The Hall–Kier alpha value is -2.29. The first-order valence-corrected chi connectivity index (χ1v) is 6.93. The van der Waals surface area contributed by atoms with Gasteiger partial charge in [-0.05, 0) is 30.2 Å². The molecule has 2 aromatic carbocycles. The van der Waals surface area contributed by atoms with Crippen LogP contribution in [-0.2, 0) is 11.2 Å². The second-order valence-corrected chi connectivity index (χ2v) is 5.09. The maximum atomic E-state index is 12.6. The molecule has 3 rings (SSSR count). The molecule has 3 nitrogen and oxygen atoms in total. The molecule has 3 heteroatoms. The van der Waals surface area contributed by atoms with E-state index in [1.54, 1.807) is 0 Å². The smallest absolute Gasteiger partial charge is 0.231 e. The van der Waals surface area contributed by atoms with E-state index in [-0.39, 0.29) is 5.91 Å². The van der Waals surface area contributed by atoms with Crippen LogP contribution in [-0.4, -0.2) is 19.0 Å². The van der Waals surface area contributed by atoms with Crippen molar-refractivity contribution in [2.24, 2.45) is 0 Å². The molecule has 0 aromatic heterocycles. The van der Waals surface area contributed by atoms with Crippen molar-refractivity contribution in [1.29, 1.82) is 0 Å². The summed E-state index contributed by atoms with van der Waals surface area (Å²) in [5.41, 5.74) is 4.29. The number of benzene rings is 2. The molecule has 1 amide bonds. The number of nitrogens with zero attached hydrogens (tertiary/aromatic N) is 1. The fourth-order valence-electron chi connectivity index (χ4n) is 2.65. The van der Waals surface area contributed by atoms with Gasteiger partial charge in [0.2, 0.25) is 5.91 Å². The maximum Gasteiger partial charge on any atom is 0.231 e. The van der Waals surface area contributed by atoms with Gasteiger partial charge in [-0.25, -0.2) is 0 Å². The molecule has 1 N–H and O–H groups in total. The molecule has 0 atom stereocenters. The number of fused-ring (bicyclic) bond motifs is 1. The lowest BCUT2D eigenvalue weighted by Crippen LogP contribution is -2.38. The maximum absolute atomic E-state index is 12.6. The number of hydrogen-bond acceptors (Lipinski definition) is 2. The predicted octanol–water partition coefficient (Wildman–Crippen LogP) is 3.00. The Kier molecular flexibility index (Phi) is 3.42. The first-order chi connectivity index (χ1) is 9.75. The van der Waals surface area contributed by atoms with Crippen LogP contribution in [0.2, 0.25) is 0 Å². The average Bonchev–Trinajstić information content (AvgIpc) is 2.44. The lowest BCUT2D eigenvalue weighted by molar-refractivity contribution is -0.118. The van der Waals surface area contributed by atoms with E-state index in [2.05, 4.69) is 5.32 Å². The predicted molar refractivity (Wildman–Crippen MR) is 82.2 cm³/mol. The van der Waals surface area contributed by atoms with Gasteiger partial charge in [0.25, 0.3) is 0 Å². The third-order valence-electron chi connectivity index (χ3n) is 3.72. The molecule has 20 heavy (non-hydrogen) atoms. The highest BCUT2D eigenvalue weighted by Gasteiger charge is 2.20. The molecule has 1 aliphatic heterocycles. The van der Waals surface area contributed by atoms with Gasteiger partial charge in [0.1, 0.15) is 0 Å². The monoisotopic (exact) mass is 266 g/mol. The molecule has 0 aliphatic carbocycles. The summed E-state index contributed by atoms with van der Waals surface area (Å²) in [6.45, 7) is 3.50. The van der Waals surface area contributed by atoms with E-state index in [1.165, 1.54) is 0 Å². The van der Waals surface area contributed by atoms with Crippen molar-refractivity contribution in [3.63, 3.8) is 0 Å². The number of amides is 1. The summed E-state index contributed by atoms with van der Waals surface area (Å²) in [5.74, 6) is 0.160. The number of carbonyl (C=O) groups is 1. The third kappa shape index (κ3) is 2.39. The summed E-state index contributed by atoms with van der Waals surface area (Å²) in [6.07, 6.45) is 0.442. The number of hydrogen-bond donors (Lipinski definition) is 1. The minimum atomic E-state index is 0.160. The molecule has 102 valence electrons. The van der Waals surface area contributed by atoms with Crippen LogP contribution in [0.1, 0.15) is 11.1 Å². The van der Waals surface area contributed by atoms with Crippen molar-refractivity contribution >= 4 is 17.3 Å². The van der Waals surface area contributed by atoms with E-state index < -0.39 is 0 Å². The standard InChI is InChI=1S/C17H18N2O/c1-13-6-2-5-9-16(13)19-11-10-18-15-8-4-3-7-14(15)12-17(19)20/h2-9,18H,10-12H2,1H3. The van der Waals surface area contributed by atoms with Crippen LogP contribution in [0.5, 0.6) is 0 Å². The third-order valence-corrected chi connectivity index (χ3v) is 3.72. The normalized spacial score (nSPS) is 15.1. The van der Waals surface area contributed by atoms with E-state index in [1.807, 2.05) is 60.4 Å². The molecule has 0 fully saturated rings. The summed E-state index contributed by atoms with van der Waals surface area (Å²) in [4.78, 5) is 14.5. The Bertz CT molecular complexity index is 636. The van der Waals surface area contributed by atoms with E-state index in [4.69, 9.17) is 0 Å². The zero-order chi connectivity index (χ0) is 13.9. The fourth-order valence-corrected chi connectivity index (χ4v) is 2.65. The van der Waals surface area contributed by atoms with Gasteiger partial charge in [-0.2, -0.15) is 0 Å². The topological polar surface area (TPSA) is 32.3 Å². The van der Waals surface area contributed by atoms with Gasteiger partial charge in [-0.3, -0.25) is 4.79 Å². The van der Waals surface area contributed by atoms with E-state index in [0.717, 1.165) is 29.0 Å². The number of rotatable bonds is 1. The average molecular weight is 266 g/mol. The molecule has 0 saturated heterocycles. The molecule has 1 aliphatic rings. The number of para-hydroxylation sites is 2. The van der Waals surface area contributed by atoms with Crippen LogP contribution in [0.3, 0.4) is 0 Å². The number of aryl methyl sites for hydroxylation is 1. The fraction of sp³-hybridized carbons (Fsp3) is 0.235. The van der Waals surface area contributed by atoms with Gasteiger partial charge in [-0.15, -0.1) is 0 Å². The quantitative estimate of drug-likeness (QED) is 0.860. The number of nitrogens with one attached hydrogen (secondary N) is 1. The second kappa shape index (κ2) is 5.37. The van der Waals surface area contributed by atoms with Crippen LogP contribution < -0.4 is 10.2 Å². The van der Waals surface area contributed by atoms with Crippen LogP contribution in [0.25, 0.3) is 0 Å². The van der Waals surface area contributed by atoms with Crippen molar-refractivity contribution in [2.75, 3.05) is 23.3 Å². The molecule has 2 aromatic rings. The van der Waals surface area contributed by atoms with Crippen molar-refractivity contribution in [2.45, 2.75) is 13.3 Å². The largest absolute Gasteiger partial charge is 0.383 e. The SMILES string of the molecule is Cc1ccccc1N1CCNc2ccccc2CC1=O. The first kappa shape index (κ1) is 12.7. The highest BCUT2D eigenvalue weighted by Crippen LogP contribution is 2.24. The van der Waals surface area contributed by atoms with Gasteiger partial charge in [0, 0.05) is 24.5 Å². The lowest BCUT2D eigenvalue weighted by atomic mass is 10.1. The zero-order valence-electron chi connectivity index (χ0n) is 11.6. The Balaban J connectivity index is 1.93. The molecule has 0 unspecified atom stereocenters. The van der Waals surface area contributed by atoms with Gasteiger partial charge in [0.05, 0.1) is 6.42 Å². The van der Waals surface area contributed by atoms with Gasteiger partial charge in [-0.1, -0.05) is 36.4 Å². The summed E-state index contributed by atoms with van der Waals surface area (Å²) < 4.78 is 0. The Morgan fingerprint density at radius 2 is 1.80 bits per heavy atom. The number of anilines is 2. The van der Waals surface area contributed by atoms with Gasteiger partial charge in [0.15, 0.2) is 0 Å². The van der Waals surface area contributed by atoms with Crippen LogP contribution in [0, 0.1) is 6.92 Å². The molecule has 0 spiro atoms. The number of carbonyl (C=O) groups excluding carboxylic acids is 1. The van der Waals surface area contributed by atoms with E-state index >= 15 is 0 Å². The lowest BCUT2D eigenvalue weighted by Gasteiger charge is -2.28. The van der Waals surface area contributed by atoms with Crippen molar-refractivity contribution in [3.05, 3.63) is 59.7 Å². The zero-order valence-corrected chi connectivity index (χ0v) is 11.6. The summed E-state index contributed by atoms with van der Waals surface area (Å²) >= 11 is 0. The van der Waals surface area contributed by atoms with Crippen LogP contribution in [0.4, 0.5) is 11.4 Å². The molecular formula is C17H18N2O. The van der Waals surface area contributed by atoms with Gasteiger partial charge < -0.3 is 10.2 Å². The van der Waals surface area contributed by atoms with Crippen LogP contribution >= 0.6 is 0 Å². The molecule has 0 radical (unpaired) electrons. The Morgan fingerprint density at radius 1 is 1.05 bits per heavy atom. The minimum absolute atomic E-state index is 0.160. The minimum Gasteiger partial charge on any atom is -0.383 e. The summed E-state index contributed by atoms with van der Waals surface area (Å²) in [7, 11) is 0. The molecule has 1 heterocycles. The molecular weight excluding hydrogens is 248 g/mol. The van der Waals surface area contributed by atoms with E-state index in [9.17, 15) is 4.79 Å². The van der Waals surface area contributed by atoms with Crippen LogP contribution in [0.15, 0.2) is 48.5 Å². The summed E-state index contributed by atoms with van der Waals surface area (Å²) in [5, 5.41) is 3.41. The van der Waals surface area contributed by atoms with Crippen molar-refractivity contribution in [1.82, 2.24) is 0 Å². The van der Waals surface area contributed by atoms with E-state index in [0.29, 0.717) is 13.0 Å². The molecule has 0 bridgehead atoms. The Labute approximate surface area is 119 Å². The highest BCUT2D eigenvalue weighted by molar-refractivity contribution is 5.96. The first-order valence-electron chi connectivity index (χ1n) is 6.93. The Morgan fingerprint density at radius 3 is 2.65 bits per heavy atom.